The van der Waals surface area contributed by atoms with E-state index in [1.807, 2.05) is 38.1 Å². The van der Waals surface area contributed by atoms with Crippen LogP contribution in [-0.4, -0.2) is 23.9 Å². The van der Waals surface area contributed by atoms with E-state index in [9.17, 15) is 5.11 Å². The van der Waals surface area contributed by atoms with Gasteiger partial charge in [0, 0.05) is 18.6 Å². The second-order valence-corrected chi connectivity index (χ2v) is 5.09. The minimum Gasteiger partial charge on any atom is -0.491 e. The molecule has 2 rings (SSSR count). The average Bonchev–Trinajstić information content (AvgIpc) is 2.81. The molecule has 1 fully saturated rings. The zero-order valence-corrected chi connectivity index (χ0v) is 11.1. The highest BCUT2D eigenvalue weighted by atomic mass is 16.5. The highest BCUT2D eigenvalue weighted by Gasteiger charge is 2.22. The topological polar surface area (TPSA) is 38.7 Å². The Kier molecular flexibility index (Phi) is 4.61. The smallest absolute Gasteiger partial charge is 0.125 e. The van der Waals surface area contributed by atoms with Crippen LogP contribution in [-0.2, 0) is 4.74 Å². The Labute approximate surface area is 109 Å². The fourth-order valence-corrected chi connectivity index (χ4v) is 2.32. The molecule has 1 heterocycles. The summed E-state index contributed by atoms with van der Waals surface area (Å²) >= 11 is 0. The third-order valence-corrected chi connectivity index (χ3v) is 3.15. The van der Waals surface area contributed by atoms with E-state index in [2.05, 4.69) is 0 Å². The first-order valence-corrected chi connectivity index (χ1v) is 6.72. The normalized spacial score (nSPS) is 21.2. The molecule has 1 saturated heterocycles. The van der Waals surface area contributed by atoms with Gasteiger partial charge in [0.25, 0.3) is 0 Å². The van der Waals surface area contributed by atoms with E-state index in [0.717, 1.165) is 30.8 Å². The minimum absolute atomic E-state index is 0.112. The Morgan fingerprint density at radius 2 is 2.17 bits per heavy atom. The van der Waals surface area contributed by atoms with Crippen LogP contribution in [0.25, 0.3) is 0 Å². The van der Waals surface area contributed by atoms with Gasteiger partial charge in [-0.1, -0.05) is 18.2 Å². The van der Waals surface area contributed by atoms with Crippen molar-refractivity contribution in [3.05, 3.63) is 29.8 Å². The third-order valence-electron chi connectivity index (χ3n) is 3.15. The molecule has 1 aromatic carbocycles. The van der Waals surface area contributed by atoms with Crippen LogP contribution in [0, 0.1) is 0 Å². The fourth-order valence-electron chi connectivity index (χ4n) is 2.32. The van der Waals surface area contributed by atoms with Gasteiger partial charge in [0.15, 0.2) is 0 Å². The quantitative estimate of drug-likeness (QED) is 0.872. The van der Waals surface area contributed by atoms with Crippen LogP contribution in [0.15, 0.2) is 24.3 Å². The number of hydrogen-bond donors (Lipinski definition) is 1. The molecular weight excluding hydrogens is 228 g/mol. The fraction of sp³-hybridized carbons (Fsp3) is 0.600. The molecule has 3 heteroatoms. The lowest BCUT2D eigenvalue weighted by Gasteiger charge is -2.20. The van der Waals surface area contributed by atoms with Crippen LogP contribution in [0.2, 0.25) is 0 Å². The van der Waals surface area contributed by atoms with Gasteiger partial charge < -0.3 is 14.6 Å². The lowest BCUT2D eigenvalue weighted by Crippen LogP contribution is -2.14. The summed E-state index contributed by atoms with van der Waals surface area (Å²) in [5.41, 5.74) is 0.863. The highest BCUT2D eigenvalue weighted by Crippen LogP contribution is 2.31. The van der Waals surface area contributed by atoms with Gasteiger partial charge in [-0.15, -0.1) is 0 Å². The minimum atomic E-state index is -0.511. The van der Waals surface area contributed by atoms with Crippen LogP contribution >= 0.6 is 0 Å². The molecule has 1 aliphatic heterocycles. The highest BCUT2D eigenvalue weighted by molar-refractivity contribution is 5.35. The molecule has 1 N–H and O–H groups in total. The molecule has 2 atom stereocenters. The summed E-state index contributed by atoms with van der Waals surface area (Å²) in [6.07, 6.45) is 2.58. The van der Waals surface area contributed by atoms with Gasteiger partial charge in [-0.05, 0) is 32.8 Å². The summed E-state index contributed by atoms with van der Waals surface area (Å²) in [6.45, 7) is 4.80. The van der Waals surface area contributed by atoms with Crippen LogP contribution in [0.4, 0.5) is 0 Å². The standard InChI is InChI=1S/C15H22O3/c1-11(2)18-15-8-4-3-7-13(15)14(16)10-12-6-5-9-17-12/h3-4,7-8,11-12,14,16H,5-6,9-10H2,1-2H3. The van der Waals surface area contributed by atoms with Gasteiger partial charge in [0.1, 0.15) is 5.75 Å². The second kappa shape index (κ2) is 6.21. The first kappa shape index (κ1) is 13.4. The molecule has 2 unspecified atom stereocenters. The number of para-hydroxylation sites is 1. The van der Waals surface area contributed by atoms with Gasteiger partial charge in [-0.25, -0.2) is 0 Å². The molecule has 0 aromatic heterocycles. The van der Waals surface area contributed by atoms with Gasteiger partial charge in [-0.3, -0.25) is 0 Å². The van der Waals surface area contributed by atoms with Crippen molar-refractivity contribution in [3.8, 4) is 5.75 Å². The Bertz CT molecular complexity index is 370. The van der Waals surface area contributed by atoms with Crippen molar-refractivity contribution in [2.75, 3.05) is 6.61 Å². The van der Waals surface area contributed by atoms with Crippen molar-refractivity contribution < 1.29 is 14.6 Å². The predicted octanol–water partition coefficient (Wildman–Crippen LogP) is 3.08. The van der Waals surface area contributed by atoms with E-state index in [0.29, 0.717) is 6.42 Å². The lowest BCUT2D eigenvalue weighted by atomic mass is 10.0. The first-order valence-electron chi connectivity index (χ1n) is 6.72. The average molecular weight is 250 g/mol. The van der Waals surface area contributed by atoms with Crippen molar-refractivity contribution in [2.24, 2.45) is 0 Å². The summed E-state index contributed by atoms with van der Waals surface area (Å²) < 4.78 is 11.3. The molecule has 18 heavy (non-hydrogen) atoms. The number of rotatable bonds is 5. The lowest BCUT2D eigenvalue weighted by molar-refractivity contribution is 0.0519. The van der Waals surface area contributed by atoms with Gasteiger partial charge in [-0.2, -0.15) is 0 Å². The maximum absolute atomic E-state index is 10.3. The second-order valence-electron chi connectivity index (χ2n) is 5.09. The monoisotopic (exact) mass is 250 g/mol. The molecule has 0 amide bonds. The van der Waals surface area contributed by atoms with Crippen molar-refractivity contribution in [2.45, 2.75) is 51.4 Å². The molecule has 1 aromatic rings. The number of hydrogen-bond acceptors (Lipinski definition) is 3. The molecule has 3 nitrogen and oxygen atoms in total. The number of aliphatic hydroxyl groups is 1. The van der Waals surface area contributed by atoms with E-state index in [4.69, 9.17) is 9.47 Å². The van der Waals surface area contributed by atoms with E-state index in [1.165, 1.54) is 0 Å². The third kappa shape index (κ3) is 3.47. The molecule has 0 aliphatic carbocycles. The summed E-state index contributed by atoms with van der Waals surface area (Å²) in [4.78, 5) is 0. The first-order chi connectivity index (χ1) is 8.66. The zero-order chi connectivity index (χ0) is 13.0. The molecular formula is C15H22O3. The van der Waals surface area contributed by atoms with E-state index in [-0.39, 0.29) is 12.2 Å². The van der Waals surface area contributed by atoms with E-state index < -0.39 is 6.10 Å². The van der Waals surface area contributed by atoms with Crippen LogP contribution < -0.4 is 4.74 Å². The van der Waals surface area contributed by atoms with Crippen molar-refractivity contribution in [3.63, 3.8) is 0 Å². The SMILES string of the molecule is CC(C)Oc1ccccc1C(O)CC1CCCO1. The maximum atomic E-state index is 10.3. The summed E-state index contributed by atoms with van der Waals surface area (Å²) in [6, 6.07) is 7.70. The summed E-state index contributed by atoms with van der Waals surface area (Å²) in [5.74, 6) is 0.776. The van der Waals surface area contributed by atoms with Gasteiger partial charge in [0.05, 0.1) is 18.3 Å². The molecule has 0 bridgehead atoms. The van der Waals surface area contributed by atoms with Crippen LogP contribution in [0.5, 0.6) is 5.75 Å². The Morgan fingerprint density at radius 3 is 2.83 bits per heavy atom. The molecule has 0 spiro atoms. The van der Waals surface area contributed by atoms with Gasteiger partial charge in [0.2, 0.25) is 0 Å². The van der Waals surface area contributed by atoms with Crippen LogP contribution in [0.1, 0.15) is 44.8 Å². The Morgan fingerprint density at radius 1 is 1.39 bits per heavy atom. The maximum Gasteiger partial charge on any atom is 0.125 e. The summed E-state index contributed by atoms with van der Waals surface area (Å²) in [5, 5.41) is 10.3. The number of ether oxygens (including phenoxy) is 2. The molecule has 0 saturated carbocycles. The van der Waals surface area contributed by atoms with Crippen molar-refractivity contribution in [1.82, 2.24) is 0 Å². The van der Waals surface area contributed by atoms with Crippen molar-refractivity contribution in [1.29, 1.82) is 0 Å². The molecule has 100 valence electrons. The molecule has 0 radical (unpaired) electrons. The Balaban J connectivity index is 2.05. The van der Waals surface area contributed by atoms with Gasteiger partial charge >= 0.3 is 0 Å². The molecule has 1 aliphatic rings. The number of benzene rings is 1. The van der Waals surface area contributed by atoms with Crippen molar-refractivity contribution >= 4 is 0 Å². The predicted molar refractivity (Wildman–Crippen MR) is 70.8 cm³/mol. The largest absolute Gasteiger partial charge is 0.491 e. The number of aliphatic hydroxyl groups excluding tert-OH is 1. The Hall–Kier alpha value is -1.06. The zero-order valence-electron chi connectivity index (χ0n) is 11.1. The van der Waals surface area contributed by atoms with E-state index in [1.54, 1.807) is 0 Å². The summed E-state index contributed by atoms with van der Waals surface area (Å²) in [7, 11) is 0. The van der Waals surface area contributed by atoms with Crippen LogP contribution in [0.3, 0.4) is 0 Å². The van der Waals surface area contributed by atoms with E-state index >= 15 is 0 Å².